The molecular formula is C9H9ClN2O3S2. The van der Waals surface area contributed by atoms with Gasteiger partial charge in [-0.1, -0.05) is 16.8 Å². The molecule has 0 unspecified atom stereocenters. The SMILES string of the molecule is Cc1cc(CNS(=O)(=O)c2ccc(Cl)s2)no1. The van der Waals surface area contributed by atoms with Crippen LogP contribution in [-0.4, -0.2) is 13.6 Å². The quantitative estimate of drug-likeness (QED) is 0.937. The number of nitrogens with zero attached hydrogens (tertiary/aromatic N) is 1. The summed E-state index contributed by atoms with van der Waals surface area (Å²) >= 11 is 6.69. The Bertz CT molecular complexity index is 618. The lowest BCUT2D eigenvalue weighted by molar-refractivity contribution is 0.390. The Morgan fingerprint density at radius 1 is 1.53 bits per heavy atom. The van der Waals surface area contributed by atoms with E-state index in [4.69, 9.17) is 16.1 Å². The van der Waals surface area contributed by atoms with Gasteiger partial charge in [0.2, 0.25) is 10.0 Å². The average molecular weight is 293 g/mol. The summed E-state index contributed by atoms with van der Waals surface area (Å²) < 4.78 is 31.5. The van der Waals surface area contributed by atoms with Crippen LogP contribution in [0, 0.1) is 6.92 Å². The zero-order chi connectivity index (χ0) is 12.5. The highest BCUT2D eigenvalue weighted by atomic mass is 35.5. The smallest absolute Gasteiger partial charge is 0.250 e. The molecule has 2 heterocycles. The van der Waals surface area contributed by atoms with Crippen molar-refractivity contribution in [1.82, 2.24) is 9.88 Å². The van der Waals surface area contributed by atoms with E-state index in [1.807, 2.05) is 0 Å². The normalized spacial score (nSPS) is 11.9. The molecule has 2 rings (SSSR count). The van der Waals surface area contributed by atoms with Crippen LogP contribution in [0.3, 0.4) is 0 Å². The largest absolute Gasteiger partial charge is 0.361 e. The number of halogens is 1. The molecule has 8 heteroatoms. The molecule has 0 saturated heterocycles. The molecule has 0 aliphatic carbocycles. The number of nitrogens with one attached hydrogen (secondary N) is 1. The van der Waals surface area contributed by atoms with Crippen molar-refractivity contribution in [3.05, 3.63) is 34.0 Å². The highest BCUT2D eigenvalue weighted by Gasteiger charge is 2.16. The first kappa shape index (κ1) is 12.6. The number of hydrogen-bond acceptors (Lipinski definition) is 5. The van der Waals surface area contributed by atoms with Gasteiger partial charge in [0.1, 0.15) is 9.97 Å². The first-order valence-corrected chi connectivity index (χ1v) is 7.32. The van der Waals surface area contributed by atoms with Crippen LogP contribution < -0.4 is 4.72 Å². The number of aromatic nitrogens is 1. The van der Waals surface area contributed by atoms with Gasteiger partial charge in [0.05, 0.1) is 16.6 Å². The minimum Gasteiger partial charge on any atom is -0.361 e. The van der Waals surface area contributed by atoms with Crippen molar-refractivity contribution in [2.75, 3.05) is 0 Å². The van der Waals surface area contributed by atoms with Gasteiger partial charge in [-0.05, 0) is 19.1 Å². The van der Waals surface area contributed by atoms with E-state index in [-0.39, 0.29) is 10.8 Å². The molecule has 0 bridgehead atoms. The summed E-state index contributed by atoms with van der Waals surface area (Å²) in [4.78, 5) is 0. The Morgan fingerprint density at radius 2 is 2.29 bits per heavy atom. The van der Waals surface area contributed by atoms with Gasteiger partial charge >= 0.3 is 0 Å². The third-order valence-corrected chi connectivity index (χ3v) is 5.06. The van der Waals surface area contributed by atoms with Crippen molar-refractivity contribution in [2.24, 2.45) is 0 Å². The molecule has 0 atom stereocenters. The second-order valence-corrected chi connectivity index (χ2v) is 7.02. The van der Waals surface area contributed by atoms with E-state index in [1.165, 1.54) is 6.07 Å². The lowest BCUT2D eigenvalue weighted by Crippen LogP contribution is -2.22. The second-order valence-electron chi connectivity index (χ2n) is 3.31. The number of rotatable bonds is 4. The van der Waals surface area contributed by atoms with Crippen LogP contribution in [0.5, 0.6) is 0 Å². The van der Waals surface area contributed by atoms with Gasteiger partial charge in [0.25, 0.3) is 0 Å². The fourth-order valence-electron chi connectivity index (χ4n) is 1.18. The average Bonchev–Trinajstić information content (AvgIpc) is 2.85. The van der Waals surface area contributed by atoms with E-state index in [9.17, 15) is 8.42 Å². The van der Waals surface area contributed by atoms with Crippen molar-refractivity contribution in [3.63, 3.8) is 0 Å². The molecule has 0 amide bonds. The molecule has 2 aromatic heterocycles. The Hall–Kier alpha value is -0.890. The minimum absolute atomic E-state index is 0.0925. The van der Waals surface area contributed by atoms with Gasteiger partial charge in [0, 0.05) is 6.07 Å². The van der Waals surface area contributed by atoms with Gasteiger partial charge in [-0.15, -0.1) is 11.3 Å². The van der Waals surface area contributed by atoms with Crippen LogP contribution in [0.15, 0.2) is 26.9 Å². The summed E-state index contributed by atoms with van der Waals surface area (Å²) in [6.07, 6.45) is 0. The van der Waals surface area contributed by atoms with Gasteiger partial charge in [-0.3, -0.25) is 0 Å². The van der Waals surface area contributed by atoms with Crippen LogP contribution in [0.4, 0.5) is 0 Å². The van der Waals surface area contributed by atoms with Crippen molar-refractivity contribution in [1.29, 1.82) is 0 Å². The molecule has 0 radical (unpaired) electrons. The Labute approximate surface area is 107 Å². The van der Waals surface area contributed by atoms with E-state index >= 15 is 0 Å². The summed E-state index contributed by atoms with van der Waals surface area (Å²) in [5.41, 5.74) is 0.536. The fourth-order valence-corrected chi connectivity index (χ4v) is 3.71. The maximum atomic E-state index is 11.8. The number of sulfonamides is 1. The van der Waals surface area contributed by atoms with Crippen LogP contribution in [0.1, 0.15) is 11.5 Å². The monoisotopic (exact) mass is 292 g/mol. The van der Waals surface area contributed by atoms with Crippen molar-refractivity contribution < 1.29 is 12.9 Å². The Kier molecular flexibility index (Phi) is 3.53. The second kappa shape index (κ2) is 4.77. The Morgan fingerprint density at radius 3 is 2.82 bits per heavy atom. The zero-order valence-corrected chi connectivity index (χ0v) is 11.2. The van der Waals surface area contributed by atoms with Crippen LogP contribution >= 0.6 is 22.9 Å². The molecule has 5 nitrogen and oxygen atoms in total. The standard InChI is InChI=1S/C9H9ClN2O3S2/c1-6-4-7(12-15-6)5-11-17(13,14)9-3-2-8(10)16-9/h2-4,11H,5H2,1H3. The van der Waals surface area contributed by atoms with Crippen molar-refractivity contribution in [3.8, 4) is 0 Å². The van der Waals surface area contributed by atoms with Crippen LogP contribution in [0.25, 0.3) is 0 Å². The summed E-state index contributed by atoms with van der Waals surface area (Å²) in [7, 11) is -3.53. The molecule has 0 fully saturated rings. The summed E-state index contributed by atoms with van der Waals surface area (Å²) in [6, 6.07) is 4.67. The van der Waals surface area contributed by atoms with Gasteiger partial charge in [-0.2, -0.15) is 0 Å². The molecule has 1 N–H and O–H groups in total. The van der Waals surface area contributed by atoms with E-state index in [2.05, 4.69) is 9.88 Å². The predicted octanol–water partition coefficient (Wildman–Crippen LogP) is 2.18. The van der Waals surface area contributed by atoms with Gasteiger partial charge in [-0.25, -0.2) is 13.1 Å². The van der Waals surface area contributed by atoms with Crippen molar-refractivity contribution >= 4 is 33.0 Å². The molecule has 0 aliphatic heterocycles. The highest BCUT2D eigenvalue weighted by Crippen LogP contribution is 2.25. The third kappa shape index (κ3) is 3.06. The molecule has 0 aliphatic rings. The zero-order valence-electron chi connectivity index (χ0n) is 8.81. The first-order valence-electron chi connectivity index (χ1n) is 4.64. The molecule has 2 aromatic rings. The Balaban J connectivity index is 2.08. The molecule has 17 heavy (non-hydrogen) atoms. The number of thiophene rings is 1. The molecule has 92 valence electrons. The third-order valence-electron chi connectivity index (χ3n) is 1.93. The topological polar surface area (TPSA) is 72.2 Å². The molecule has 0 aromatic carbocycles. The summed E-state index contributed by atoms with van der Waals surface area (Å²) in [5.74, 6) is 0.637. The van der Waals surface area contributed by atoms with E-state index in [0.29, 0.717) is 15.8 Å². The molecular weight excluding hydrogens is 284 g/mol. The predicted molar refractivity (Wildman–Crippen MR) is 64.6 cm³/mol. The highest BCUT2D eigenvalue weighted by molar-refractivity contribution is 7.91. The number of aryl methyl sites for hydroxylation is 1. The summed E-state index contributed by atoms with van der Waals surface area (Å²) in [6.45, 7) is 1.83. The lowest BCUT2D eigenvalue weighted by Gasteiger charge is -2.01. The number of hydrogen-bond donors (Lipinski definition) is 1. The van der Waals surface area contributed by atoms with E-state index in [1.54, 1.807) is 19.1 Å². The lowest BCUT2D eigenvalue weighted by atomic mass is 10.4. The van der Waals surface area contributed by atoms with Crippen LogP contribution in [-0.2, 0) is 16.6 Å². The van der Waals surface area contributed by atoms with Crippen molar-refractivity contribution in [2.45, 2.75) is 17.7 Å². The minimum atomic E-state index is -3.53. The van der Waals surface area contributed by atoms with E-state index in [0.717, 1.165) is 11.3 Å². The van der Waals surface area contributed by atoms with Crippen LogP contribution in [0.2, 0.25) is 4.34 Å². The van der Waals surface area contributed by atoms with E-state index < -0.39 is 10.0 Å². The van der Waals surface area contributed by atoms with Gasteiger partial charge in [0.15, 0.2) is 0 Å². The van der Waals surface area contributed by atoms with Gasteiger partial charge < -0.3 is 4.52 Å². The maximum Gasteiger partial charge on any atom is 0.250 e. The maximum absolute atomic E-state index is 11.8. The fraction of sp³-hybridized carbons (Fsp3) is 0.222. The molecule has 0 saturated carbocycles. The molecule has 0 spiro atoms. The summed E-state index contributed by atoms with van der Waals surface area (Å²) in [5, 5.41) is 3.69. The first-order chi connectivity index (χ1) is 7.97.